The topological polar surface area (TPSA) is 53.5 Å². The van der Waals surface area contributed by atoms with Crippen LogP contribution in [0.5, 0.6) is 0 Å². The Hall–Kier alpha value is -2.95. The molecule has 1 aromatic carbocycles. The fourth-order valence-electron chi connectivity index (χ4n) is 4.89. The first-order chi connectivity index (χ1) is 14.9. The van der Waals surface area contributed by atoms with Crippen LogP contribution < -0.4 is 0 Å². The third kappa shape index (κ3) is 3.74. The number of carbonyl (C=O) groups is 2. The predicted octanol–water partition coefficient (Wildman–Crippen LogP) is 5.19. The van der Waals surface area contributed by atoms with E-state index in [1.54, 1.807) is 13.2 Å². The fourth-order valence-corrected chi connectivity index (χ4v) is 4.89. The zero-order chi connectivity index (χ0) is 23.4. The Balaban J connectivity index is 1.61. The van der Waals surface area contributed by atoms with Gasteiger partial charge in [-0.2, -0.15) is 0 Å². The van der Waals surface area contributed by atoms with E-state index in [2.05, 4.69) is 58.3 Å². The van der Waals surface area contributed by atoms with Crippen LogP contribution in [0.1, 0.15) is 74.0 Å². The van der Waals surface area contributed by atoms with Crippen LogP contribution in [-0.2, 0) is 22.2 Å². The van der Waals surface area contributed by atoms with E-state index in [9.17, 15) is 9.59 Å². The highest BCUT2D eigenvalue weighted by Gasteiger charge is 2.37. The van der Waals surface area contributed by atoms with E-state index in [4.69, 9.17) is 0 Å². The van der Waals surface area contributed by atoms with Crippen molar-refractivity contribution in [2.45, 2.75) is 64.8 Å². The van der Waals surface area contributed by atoms with Gasteiger partial charge in [0.15, 0.2) is 0 Å². The first kappa shape index (κ1) is 22.3. The van der Waals surface area contributed by atoms with Crippen LogP contribution in [0.15, 0.2) is 37.0 Å². The van der Waals surface area contributed by atoms with Gasteiger partial charge in [0.1, 0.15) is 6.54 Å². The van der Waals surface area contributed by atoms with Crippen molar-refractivity contribution in [1.29, 1.82) is 0 Å². The van der Waals surface area contributed by atoms with E-state index < -0.39 is 0 Å². The molecule has 1 aliphatic carbocycles. The molecule has 0 N–H and O–H groups in total. The Morgan fingerprint density at radius 2 is 1.69 bits per heavy atom. The Morgan fingerprint density at radius 1 is 1.06 bits per heavy atom. The van der Waals surface area contributed by atoms with E-state index in [0.29, 0.717) is 0 Å². The number of aryl methyl sites for hydroxylation is 1. The zero-order valence-electron chi connectivity index (χ0n) is 20.1. The molecule has 2 aromatic rings. The lowest BCUT2D eigenvalue weighted by Crippen LogP contribution is -2.34. The predicted molar refractivity (Wildman–Crippen MR) is 127 cm³/mol. The lowest BCUT2D eigenvalue weighted by atomic mass is 9.62. The minimum absolute atomic E-state index is 0.131. The molecule has 0 saturated carbocycles. The van der Waals surface area contributed by atoms with E-state index >= 15 is 0 Å². The molecule has 5 heteroatoms. The molecule has 2 heterocycles. The normalized spacial score (nSPS) is 19.3. The maximum absolute atomic E-state index is 12.1. The Morgan fingerprint density at radius 3 is 2.22 bits per heavy atom. The molecule has 5 nitrogen and oxygen atoms in total. The van der Waals surface area contributed by atoms with Gasteiger partial charge in [-0.1, -0.05) is 46.4 Å². The standard InChI is InChI=1S/C27H33N3O2/c1-17-12-21-22(27(5,6)11-10-26(21,3)4)13-20(17)18(2)23-9-8-19(14-28-23)15-30-24(31)16-29(7)25(30)32/h8-9,12-14H,2,10-11,15-16H2,1,3-7H3. The van der Waals surface area contributed by atoms with Gasteiger partial charge in [0.2, 0.25) is 0 Å². The molecule has 2 aliphatic rings. The lowest BCUT2D eigenvalue weighted by Gasteiger charge is -2.42. The number of rotatable bonds is 4. The van der Waals surface area contributed by atoms with Gasteiger partial charge in [0, 0.05) is 18.8 Å². The van der Waals surface area contributed by atoms with Crippen molar-refractivity contribution in [1.82, 2.24) is 14.8 Å². The number of carbonyl (C=O) groups excluding carboxylic acids is 2. The number of pyridine rings is 1. The molecule has 0 bridgehead atoms. The van der Waals surface area contributed by atoms with Crippen LogP contribution in [0, 0.1) is 6.92 Å². The average molecular weight is 432 g/mol. The van der Waals surface area contributed by atoms with Crippen LogP contribution in [0.3, 0.4) is 0 Å². The van der Waals surface area contributed by atoms with Gasteiger partial charge in [-0.25, -0.2) is 4.79 Å². The van der Waals surface area contributed by atoms with Gasteiger partial charge < -0.3 is 4.90 Å². The molecule has 32 heavy (non-hydrogen) atoms. The SMILES string of the molecule is C=C(c1ccc(CN2C(=O)CN(C)C2=O)cn1)c1cc2c(cc1C)C(C)(C)CCC2(C)C. The molecule has 168 valence electrons. The molecule has 1 aliphatic heterocycles. The monoisotopic (exact) mass is 431 g/mol. The highest BCUT2D eigenvalue weighted by molar-refractivity contribution is 6.01. The number of urea groups is 1. The number of likely N-dealkylation sites (N-methyl/N-ethyl adjacent to an activating group) is 1. The summed E-state index contributed by atoms with van der Waals surface area (Å²) in [5.74, 6) is -0.179. The summed E-state index contributed by atoms with van der Waals surface area (Å²) in [6.07, 6.45) is 4.09. The molecule has 4 rings (SSSR count). The largest absolute Gasteiger partial charge is 0.327 e. The number of benzene rings is 1. The Kier molecular flexibility index (Phi) is 5.27. The summed E-state index contributed by atoms with van der Waals surface area (Å²) in [6, 6.07) is 8.25. The maximum Gasteiger partial charge on any atom is 0.327 e. The molecule has 0 radical (unpaired) electrons. The Bertz CT molecular complexity index is 1110. The summed E-state index contributed by atoms with van der Waals surface area (Å²) in [6.45, 7) is 16.2. The van der Waals surface area contributed by atoms with E-state index in [1.807, 2.05) is 12.1 Å². The number of amides is 3. The molecular weight excluding hydrogens is 398 g/mol. The molecule has 1 aromatic heterocycles. The minimum atomic E-state index is -0.265. The third-order valence-corrected chi connectivity index (χ3v) is 7.23. The van der Waals surface area contributed by atoms with Gasteiger partial charge in [-0.3, -0.25) is 14.7 Å². The van der Waals surface area contributed by atoms with Gasteiger partial charge in [0.05, 0.1) is 12.2 Å². The summed E-state index contributed by atoms with van der Waals surface area (Å²) in [5, 5.41) is 0. The summed E-state index contributed by atoms with van der Waals surface area (Å²) >= 11 is 0. The van der Waals surface area contributed by atoms with Gasteiger partial charge in [-0.15, -0.1) is 0 Å². The number of imide groups is 1. The number of hydrogen-bond donors (Lipinski definition) is 0. The molecule has 0 atom stereocenters. The molecular formula is C27H33N3O2. The van der Waals surface area contributed by atoms with Crippen molar-refractivity contribution < 1.29 is 9.59 Å². The summed E-state index contributed by atoms with van der Waals surface area (Å²) in [5.41, 5.74) is 8.01. The number of aromatic nitrogens is 1. The van der Waals surface area contributed by atoms with Crippen molar-refractivity contribution in [3.05, 3.63) is 70.6 Å². The van der Waals surface area contributed by atoms with Crippen LogP contribution in [-0.4, -0.2) is 40.3 Å². The quantitative estimate of drug-likeness (QED) is 0.626. The van der Waals surface area contributed by atoms with E-state index in [1.165, 1.54) is 32.9 Å². The van der Waals surface area contributed by atoms with Crippen molar-refractivity contribution in [2.24, 2.45) is 0 Å². The molecule has 1 saturated heterocycles. The second-order valence-corrected chi connectivity index (χ2v) is 10.6. The highest BCUT2D eigenvalue weighted by Crippen LogP contribution is 2.47. The second-order valence-electron chi connectivity index (χ2n) is 10.6. The number of fused-ring (bicyclic) bond motifs is 1. The van der Waals surface area contributed by atoms with Crippen molar-refractivity contribution in [3.8, 4) is 0 Å². The molecule has 1 fully saturated rings. The lowest BCUT2D eigenvalue weighted by molar-refractivity contribution is -0.125. The van der Waals surface area contributed by atoms with E-state index in [-0.39, 0.29) is 35.9 Å². The summed E-state index contributed by atoms with van der Waals surface area (Å²) in [4.78, 5) is 31.5. The number of hydrogen-bond acceptors (Lipinski definition) is 3. The van der Waals surface area contributed by atoms with Crippen LogP contribution in [0.2, 0.25) is 0 Å². The van der Waals surface area contributed by atoms with Crippen molar-refractivity contribution >= 4 is 17.5 Å². The van der Waals surface area contributed by atoms with Crippen LogP contribution >= 0.6 is 0 Å². The van der Waals surface area contributed by atoms with Gasteiger partial charge >= 0.3 is 6.03 Å². The molecule has 0 unspecified atom stereocenters. The smallest absolute Gasteiger partial charge is 0.318 e. The fraction of sp³-hybridized carbons (Fsp3) is 0.444. The summed E-state index contributed by atoms with van der Waals surface area (Å²) in [7, 11) is 1.63. The first-order valence-electron chi connectivity index (χ1n) is 11.3. The molecule has 0 spiro atoms. The maximum atomic E-state index is 12.1. The summed E-state index contributed by atoms with van der Waals surface area (Å²) < 4.78 is 0. The van der Waals surface area contributed by atoms with Gasteiger partial charge in [0.25, 0.3) is 5.91 Å². The second kappa shape index (κ2) is 7.58. The van der Waals surface area contributed by atoms with Crippen molar-refractivity contribution in [2.75, 3.05) is 13.6 Å². The Labute approximate surface area is 191 Å². The highest BCUT2D eigenvalue weighted by atomic mass is 16.2. The van der Waals surface area contributed by atoms with E-state index in [0.717, 1.165) is 28.8 Å². The van der Waals surface area contributed by atoms with Crippen LogP contribution in [0.4, 0.5) is 4.79 Å². The van der Waals surface area contributed by atoms with Crippen molar-refractivity contribution in [3.63, 3.8) is 0 Å². The minimum Gasteiger partial charge on any atom is -0.318 e. The number of nitrogens with zero attached hydrogens (tertiary/aromatic N) is 3. The third-order valence-electron chi connectivity index (χ3n) is 7.23. The zero-order valence-corrected chi connectivity index (χ0v) is 20.1. The van der Waals surface area contributed by atoms with Crippen LogP contribution in [0.25, 0.3) is 5.57 Å². The average Bonchev–Trinajstić information content (AvgIpc) is 2.97. The van der Waals surface area contributed by atoms with Gasteiger partial charge in [-0.05, 0) is 70.5 Å². The molecule has 3 amide bonds. The first-order valence-corrected chi connectivity index (χ1v) is 11.3.